The lowest BCUT2D eigenvalue weighted by atomic mass is 10.1. The van der Waals surface area contributed by atoms with E-state index in [0.29, 0.717) is 18.2 Å². The van der Waals surface area contributed by atoms with E-state index in [0.717, 1.165) is 32.5 Å². The lowest BCUT2D eigenvalue weighted by Crippen LogP contribution is -2.52. The fraction of sp³-hybridized carbons (Fsp3) is 1.00. The van der Waals surface area contributed by atoms with Gasteiger partial charge >= 0.3 is 0 Å². The quantitative estimate of drug-likeness (QED) is 0.741. The smallest absolute Gasteiger partial charge is 0.0674 e. The maximum absolute atomic E-state index is 5.98. The van der Waals surface area contributed by atoms with E-state index in [1.165, 1.54) is 0 Å². The highest BCUT2D eigenvalue weighted by molar-refractivity contribution is 4.80. The summed E-state index contributed by atoms with van der Waals surface area (Å²) in [6.45, 7) is 9.42. The van der Waals surface area contributed by atoms with Crippen LogP contribution in [0.1, 0.15) is 33.6 Å². The first-order chi connectivity index (χ1) is 6.67. The van der Waals surface area contributed by atoms with Crippen LogP contribution in [-0.2, 0) is 4.74 Å². The summed E-state index contributed by atoms with van der Waals surface area (Å²) in [5, 5.41) is 0. The zero-order chi connectivity index (χ0) is 10.6. The van der Waals surface area contributed by atoms with Gasteiger partial charge in [-0.25, -0.2) is 0 Å². The number of nitrogens with zero attached hydrogens (tertiary/aromatic N) is 1. The van der Waals surface area contributed by atoms with Crippen LogP contribution in [0.15, 0.2) is 0 Å². The molecule has 3 nitrogen and oxygen atoms in total. The van der Waals surface area contributed by atoms with Crippen molar-refractivity contribution in [2.75, 3.05) is 19.7 Å². The lowest BCUT2D eigenvalue weighted by Gasteiger charge is -2.39. The van der Waals surface area contributed by atoms with E-state index >= 15 is 0 Å². The van der Waals surface area contributed by atoms with Crippen LogP contribution in [0, 0.1) is 0 Å². The molecule has 3 heteroatoms. The van der Waals surface area contributed by atoms with Gasteiger partial charge in [0.15, 0.2) is 0 Å². The minimum atomic E-state index is 0.314. The third-order valence-corrected chi connectivity index (χ3v) is 3.05. The summed E-state index contributed by atoms with van der Waals surface area (Å²) in [5.41, 5.74) is 5.98. The van der Waals surface area contributed by atoms with Crippen molar-refractivity contribution >= 4 is 0 Å². The van der Waals surface area contributed by atoms with Gasteiger partial charge in [-0.15, -0.1) is 0 Å². The molecule has 1 aliphatic heterocycles. The maximum atomic E-state index is 5.98. The van der Waals surface area contributed by atoms with Gasteiger partial charge in [0.05, 0.1) is 12.7 Å². The van der Waals surface area contributed by atoms with Gasteiger partial charge in [0.1, 0.15) is 0 Å². The van der Waals surface area contributed by atoms with E-state index < -0.39 is 0 Å². The SMILES string of the molecule is CCC(N)CN1CC(C)OCC1CC. The van der Waals surface area contributed by atoms with Crippen LogP contribution in [0.2, 0.25) is 0 Å². The Kier molecular flexibility index (Phi) is 4.85. The molecule has 84 valence electrons. The van der Waals surface area contributed by atoms with E-state index in [1.54, 1.807) is 0 Å². The molecule has 1 saturated heterocycles. The third kappa shape index (κ3) is 3.23. The van der Waals surface area contributed by atoms with E-state index in [4.69, 9.17) is 10.5 Å². The molecule has 0 aliphatic carbocycles. The van der Waals surface area contributed by atoms with Crippen LogP contribution in [0.3, 0.4) is 0 Å². The van der Waals surface area contributed by atoms with Crippen LogP contribution in [-0.4, -0.2) is 42.8 Å². The predicted octanol–water partition coefficient (Wildman–Crippen LogP) is 1.22. The summed E-state index contributed by atoms with van der Waals surface area (Å²) >= 11 is 0. The van der Waals surface area contributed by atoms with Crippen molar-refractivity contribution in [2.45, 2.75) is 51.8 Å². The first-order valence-corrected chi connectivity index (χ1v) is 5.78. The van der Waals surface area contributed by atoms with Gasteiger partial charge in [0.25, 0.3) is 0 Å². The van der Waals surface area contributed by atoms with Crippen molar-refractivity contribution in [3.05, 3.63) is 0 Å². The Bertz CT molecular complexity index is 163. The van der Waals surface area contributed by atoms with E-state index in [9.17, 15) is 0 Å². The number of hydrogen-bond donors (Lipinski definition) is 1. The van der Waals surface area contributed by atoms with Gasteiger partial charge in [-0.2, -0.15) is 0 Å². The third-order valence-electron chi connectivity index (χ3n) is 3.05. The summed E-state index contributed by atoms with van der Waals surface area (Å²) in [7, 11) is 0. The Morgan fingerprint density at radius 1 is 1.50 bits per heavy atom. The average molecular weight is 200 g/mol. The Hall–Kier alpha value is -0.120. The van der Waals surface area contributed by atoms with Crippen molar-refractivity contribution in [1.29, 1.82) is 0 Å². The van der Waals surface area contributed by atoms with Crippen LogP contribution in [0.5, 0.6) is 0 Å². The van der Waals surface area contributed by atoms with Crippen molar-refractivity contribution in [3.8, 4) is 0 Å². The summed E-state index contributed by atoms with van der Waals surface area (Å²) in [6.07, 6.45) is 2.58. The lowest BCUT2D eigenvalue weighted by molar-refractivity contribution is -0.0574. The predicted molar refractivity (Wildman–Crippen MR) is 59.3 cm³/mol. The normalized spacial score (nSPS) is 31.7. The minimum Gasteiger partial charge on any atom is -0.376 e. The minimum absolute atomic E-state index is 0.314. The van der Waals surface area contributed by atoms with E-state index in [1.807, 2.05) is 0 Å². The number of rotatable bonds is 4. The molecule has 0 aromatic rings. The summed E-state index contributed by atoms with van der Waals surface area (Å²) in [5.74, 6) is 0. The van der Waals surface area contributed by atoms with E-state index in [2.05, 4.69) is 25.7 Å². The highest BCUT2D eigenvalue weighted by Gasteiger charge is 2.26. The first kappa shape index (κ1) is 12.0. The van der Waals surface area contributed by atoms with Gasteiger partial charge in [-0.3, -0.25) is 4.90 Å². The van der Waals surface area contributed by atoms with Crippen LogP contribution >= 0.6 is 0 Å². The molecule has 0 bridgehead atoms. The molecule has 2 N–H and O–H groups in total. The summed E-state index contributed by atoms with van der Waals surface area (Å²) in [6, 6.07) is 0.887. The number of hydrogen-bond acceptors (Lipinski definition) is 3. The molecule has 1 fully saturated rings. The summed E-state index contributed by atoms with van der Waals surface area (Å²) in [4.78, 5) is 2.49. The van der Waals surface area contributed by atoms with Crippen molar-refractivity contribution in [2.24, 2.45) is 5.73 Å². The van der Waals surface area contributed by atoms with Gasteiger partial charge < -0.3 is 10.5 Å². The monoisotopic (exact) mass is 200 g/mol. The highest BCUT2D eigenvalue weighted by atomic mass is 16.5. The Labute approximate surface area is 87.6 Å². The molecule has 0 aromatic carbocycles. The molecule has 14 heavy (non-hydrogen) atoms. The molecule has 0 aromatic heterocycles. The molecule has 1 aliphatic rings. The molecular weight excluding hydrogens is 176 g/mol. The molecule has 0 saturated carbocycles. The fourth-order valence-corrected chi connectivity index (χ4v) is 1.94. The van der Waals surface area contributed by atoms with Gasteiger partial charge in [-0.1, -0.05) is 13.8 Å². The second-order valence-electron chi connectivity index (χ2n) is 4.33. The average Bonchev–Trinajstić information content (AvgIpc) is 2.18. The highest BCUT2D eigenvalue weighted by Crippen LogP contribution is 2.14. The molecular formula is C11H24N2O. The molecule has 3 unspecified atom stereocenters. The van der Waals surface area contributed by atoms with Gasteiger partial charge in [0.2, 0.25) is 0 Å². The summed E-state index contributed by atoms with van der Waals surface area (Å²) < 4.78 is 5.64. The van der Waals surface area contributed by atoms with Gasteiger partial charge in [-0.05, 0) is 19.8 Å². The Morgan fingerprint density at radius 3 is 2.79 bits per heavy atom. The Balaban J connectivity index is 2.44. The number of morpholine rings is 1. The molecule has 0 spiro atoms. The number of nitrogens with two attached hydrogens (primary N) is 1. The largest absolute Gasteiger partial charge is 0.376 e. The second-order valence-corrected chi connectivity index (χ2v) is 4.33. The van der Waals surface area contributed by atoms with Crippen molar-refractivity contribution in [3.63, 3.8) is 0 Å². The zero-order valence-electron chi connectivity index (χ0n) is 9.70. The number of ether oxygens (including phenoxy) is 1. The molecule has 0 radical (unpaired) electrons. The molecule has 3 atom stereocenters. The molecule has 0 amide bonds. The second kappa shape index (κ2) is 5.69. The van der Waals surface area contributed by atoms with Crippen molar-refractivity contribution in [1.82, 2.24) is 4.90 Å². The zero-order valence-corrected chi connectivity index (χ0v) is 9.70. The standard InChI is InChI=1S/C11H24N2O/c1-4-10(12)7-13-6-9(3)14-8-11(13)5-2/h9-11H,4-8,12H2,1-3H3. The van der Waals surface area contributed by atoms with Crippen LogP contribution < -0.4 is 5.73 Å². The maximum Gasteiger partial charge on any atom is 0.0674 e. The van der Waals surface area contributed by atoms with E-state index in [-0.39, 0.29) is 0 Å². The fourth-order valence-electron chi connectivity index (χ4n) is 1.94. The molecule has 1 rings (SSSR count). The van der Waals surface area contributed by atoms with Gasteiger partial charge in [0, 0.05) is 25.2 Å². The van der Waals surface area contributed by atoms with Crippen LogP contribution in [0.4, 0.5) is 0 Å². The molecule has 1 heterocycles. The Morgan fingerprint density at radius 2 is 2.21 bits per heavy atom. The first-order valence-electron chi connectivity index (χ1n) is 5.78. The van der Waals surface area contributed by atoms with Crippen LogP contribution in [0.25, 0.3) is 0 Å². The van der Waals surface area contributed by atoms with Crippen molar-refractivity contribution < 1.29 is 4.74 Å². The topological polar surface area (TPSA) is 38.5 Å².